The SMILES string of the molecule is COc1ccc(S(=O)(=O)c2ccc(NCCc3c[nH]c4ccc(OC)cc34)nn2)cc1. The molecule has 0 amide bonds. The lowest BCUT2D eigenvalue weighted by molar-refractivity contribution is 0.414. The van der Waals surface area contributed by atoms with Gasteiger partial charge in [0.05, 0.1) is 19.1 Å². The first kappa shape index (κ1) is 20.7. The molecule has 31 heavy (non-hydrogen) atoms. The number of aromatic amines is 1. The normalized spacial score (nSPS) is 11.4. The molecular weight excluding hydrogens is 416 g/mol. The number of hydrogen-bond donors (Lipinski definition) is 2. The fourth-order valence-electron chi connectivity index (χ4n) is 3.25. The van der Waals surface area contributed by atoms with Gasteiger partial charge in [-0.1, -0.05) is 0 Å². The second-order valence-electron chi connectivity index (χ2n) is 6.84. The molecule has 0 unspecified atom stereocenters. The lowest BCUT2D eigenvalue weighted by Crippen LogP contribution is -2.09. The van der Waals surface area contributed by atoms with E-state index in [1.165, 1.54) is 25.3 Å². The van der Waals surface area contributed by atoms with E-state index in [1.807, 2.05) is 24.4 Å². The van der Waals surface area contributed by atoms with E-state index in [4.69, 9.17) is 9.47 Å². The number of rotatable bonds is 8. The minimum absolute atomic E-state index is 0.105. The van der Waals surface area contributed by atoms with Crippen molar-refractivity contribution in [1.29, 1.82) is 0 Å². The third-order valence-electron chi connectivity index (χ3n) is 4.96. The highest BCUT2D eigenvalue weighted by molar-refractivity contribution is 7.91. The molecule has 0 saturated carbocycles. The van der Waals surface area contributed by atoms with Crippen LogP contribution in [0.5, 0.6) is 11.5 Å². The molecule has 9 heteroatoms. The molecule has 2 aromatic carbocycles. The molecule has 4 rings (SSSR count). The Bertz CT molecular complexity index is 1280. The van der Waals surface area contributed by atoms with Crippen molar-refractivity contribution in [3.63, 3.8) is 0 Å². The summed E-state index contributed by atoms with van der Waals surface area (Å²) in [6, 6.07) is 15.1. The number of sulfone groups is 1. The van der Waals surface area contributed by atoms with E-state index in [0.717, 1.165) is 28.6 Å². The van der Waals surface area contributed by atoms with Crippen LogP contribution in [0.4, 0.5) is 5.82 Å². The van der Waals surface area contributed by atoms with Crippen molar-refractivity contribution >= 4 is 26.6 Å². The summed E-state index contributed by atoms with van der Waals surface area (Å²) in [5.74, 6) is 1.89. The average Bonchev–Trinajstić information content (AvgIpc) is 3.21. The van der Waals surface area contributed by atoms with Gasteiger partial charge in [-0.2, -0.15) is 0 Å². The van der Waals surface area contributed by atoms with Crippen molar-refractivity contribution in [1.82, 2.24) is 15.2 Å². The largest absolute Gasteiger partial charge is 0.497 e. The highest BCUT2D eigenvalue weighted by Crippen LogP contribution is 2.24. The lowest BCUT2D eigenvalue weighted by Gasteiger charge is -2.07. The van der Waals surface area contributed by atoms with Crippen LogP contribution in [0.3, 0.4) is 0 Å². The maximum atomic E-state index is 12.7. The molecule has 2 aromatic heterocycles. The molecule has 0 bridgehead atoms. The summed E-state index contributed by atoms with van der Waals surface area (Å²) < 4.78 is 35.8. The Hall–Kier alpha value is -3.59. The number of ether oxygens (including phenoxy) is 2. The number of methoxy groups -OCH3 is 2. The van der Waals surface area contributed by atoms with E-state index >= 15 is 0 Å². The van der Waals surface area contributed by atoms with Crippen LogP contribution >= 0.6 is 0 Å². The van der Waals surface area contributed by atoms with E-state index < -0.39 is 9.84 Å². The van der Waals surface area contributed by atoms with E-state index in [2.05, 4.69) is 20.5 Å². The first-order valence-electron chi connectivity index (χ1n) is 9.62. The fraction of sp³-hybridized carbons (Fsp3) is 0.182. The van der Waals surface area contributed by atoms with Gasteiger partial charge in [-0.05, 0) is 66.6 Å². The van der Waals surface area contributed by atoms with Crippen LogP contribution in [0.1, 0.15) is 5.56 Å². The van der Waals surface area contributed by atoms with Gasteiger partial charge in [-0.3, -0.25) is 0 Å². The number of anilines is 1. The topological polar surface area (TPSA) is 106 Å². The molecule has 0 spiro atoms. The third-order valence-corrected chi connectivity index (χ3v) is 6.62. The van der Waals surface area contributed by atoms with Crippen LogP contribution < -0.4 is 14.8 Å². The second kappa shape index (κ2) is 8.65. The number of nitrogens with zero attached hydrogens (tertiary/aromatic N) is 2. The highest BCUT2D eigenvalue weighted by atomic mass is 32.2. The summed E-state index contributed by atoms with van der Waals surface area (Å²) in [5, 5.41) is 12.1. The quantitative estimate of drug-likeness (QED) is 0.434. The first-order valence-corrected chi connectivity index (χ1v) is 11.1. The molecule has 0 aliphatic carbocycles. The molecule has 0 saturated heterocycles. The van der Waals surface area contributed by atoms with Gasteiger partial charge in [0, 0.05) is 23.6 Å². The maximum absolute atomic E-state index is 12.7. The van der Waals surface area contributed by atoms with E-state index in [-0.39, 0.29) is 9.92 Å². The van der Waals surface area contributed by atoms with Crippen LogP contribution in [0.2, 0.25) is 0 Å². The van der Waals surface area contributed by atoms with Crippen LogP contribution in [0.15, 0.2) is 70.7 Å². The van der Waals surface area contributed by atoms with Gasteiger partial charge >= 0.3 is 0 Å². The van der Waals surface area contributed by atoms with Crippen molar-refractivity contribution < 1.29 is 17.9 Å². The van der Waals surface area contributed by atoms with Gasteiger partial charge in [-0.15, -0.1) is 10.2 Å². The van der Waals surface area contributed by atoms with Gasteiger partial charge < -0.3 is 19.8 Å². The van der Waals surface area contributed by atoms with Gasteiger partial charge in [-0.25, -0.2) is 8.42 Å². The summed E-state index contributed by atoms with van der Waals surface area (Å²) in [6.07, 6.45) is 2.72. The Kier molecular flexibility index (Phi) is 5.77. The van der Waals surface area contributed by atoms with Gasteiger partial charge in [0.25, 0.3) is 0 Å². The molecule has 0 radical (unpaired) electrons. The van der Waals surface area contributed by atoms with Crippen molar-refractivity contribution in [2.75, 3.05) is 26.1 Å². The molecule has 2 heterocycles. The molecule has 160 valence electrons. The van der Waals surface area contributed by atoms with Gasteiger partial charge in [0.2, 0.25) is 9.84 Å². The summed E-state index contributed by atoms with van der Waals surface area (Å²) >= 11 is 0. The Morgan fingerprint density at radius 3 is 2.35 bits per heavy atom. The Balaban J connectivity index is 1.42. The zero-order chi connectivity index (χ0) is 21.8. The third kappa shape index (κ3) is 4.31. The smallest absolute Gasteiger partial charge is 0.225 e. The minimum atomic E-state index is -3.74. The Labute approximate surface area is 180 Å². The standard InChI is InChI=1S/C22H22N4O4S/c1-29-16-3-6-18(7-4-16)31(27,28)22-10-9-21(25-26-22)23-12-11-15-14-24-20-8-5-17(30-2)13-19(15)20/h3-10,13-14,24H,11-12H2,1-2H3,(H,23,25). The molecule has 0 aliphatic rings. The van der Waals surface area contributed by atoms with Gasteiger partial charge in [0.15, 0.2) is 5.03 Å². The van der Waals surface area contributed by atoms with Crippen molar-refractivity contribution in [2.24, 2.45) is 0 Å². The summed E-state index contributed by atoms with van der Waals surface area (Å²) in [5.41, 5.74) is 2.19. The number of benzene rings is 2. The molecular formula is C22H22N4O4S. The van der Waals surface area contributed by atoms with Crippen LogP contribution in [-0.2, 0) is 16.3 Å². The monoisotopic (exact) mass is 438 g/mol. The zero-order valence-electron chi connectivity index (χ0n) is 17.1. The molecule has 0 atom stereocenters. The number of hydrogen-bond acceptors (Lipinski definition) is 7. The van der Waals surface area contributed by atoms with E-state index in [1.54, 1.807) is 25.3 Å². The molecule has 4 aromatic rings. The number of nitrogens with one attached hydrogen (secondary N) is 2. The predicted molar refractivity (Wildman–Crippen MR) is 118 cm³/mol. The lowest BCUT2D eigenvalue weighted by atomic mass is 10.1. The van der Waals surface area contributed by atoms with Crippen LogP contribution in [0.25, 0.3) is 10.9 Å². The highest BCUT2D eigenvalue weighted by Gasteiger charge is 2.20. The predicted octanol–water partition coefficient (Wildman–Crippen LogP) is 3.46. The summed E-state index contributed by atoms with van der Waals surface area (Å²) in [6.45, 7) is 0.615. The summed E-state index contributed by atoms with van der Waals surface area (Å²) in [4.78, 5) is 3.39. The zero-order valence-corrected chi connectivity index (χ0v) is 17.9. The molecule has 8 nitrogen and oxygen atoms in total. The van der Waals surface area contributed by atoms with Crippen LogP contribution in [0, 0.1) is 0 Å². The van der Waals surface area contributed by atoms with Crippen molar-refractivity contribution in [3.8, 4) is 11.5 Å². The fourth-order valence-corrected chi connectivity index (χ4v) is 4.38. The van der Waals surface area contributed by atoms with Crippen molar-refractivity contribution in [3.05, 3.63) is 66.4 Å². The molecule has 2 N–H and O–H groups in total. The first-order chi connectivity index (χ1) is 15.0. The number of H-pyrrole nitrogens is 1. The average molecular weight is 439 g/mol. The second-order valence-corrected chi connectivity index (χ2v) is 8.73. The molecule has 0 aliphatic heterocycles. The minimum Gasteiger partial charge on any atom is -0.497 e. The maximum Gasteiger partial charge on any atom is 0.225 e. The van der Waals surface area contributed by atoms with Crippen LogP contribution in [-0.4, -0.2) is 44.4 Å². The van der Waals surface area contributed by atoms with E-state index in [0.29, 0.717) is 18.1 Å². The van der Waals surface area contributed by atoms with Gasteiger partial charge in [0.1, 0.15) is 17.3 Å². The van der Waals surface area contributed by atoms with Crippen molar-refractivity contribution in [2.45, 2.75) is 16.3 Å². The van der Waals surface area contributed by atoms with E-state index in [9.17, 15) is 8.42 Å². The Morgan fingerprint density at radius 1 is 0.935 bits per heavy atom. The number of fused-ring (bicyclic) bond motifs is 1. The number of aromatic nitrogens is 3. The summed E-state index contributed by atoms with van der Waals surface area (Å²) in [7, 11) is -0.572. The Morgan fingerprint density at radius 2 is 1.68 bits per heavy atom. The molecule has 0 fully saturated rings.